The van der Waals surface area contributed by atoms with Gasteiger partial charge in [-0.3, -0.25) is 10.00 Å². The Bertz CT molecular complexity index is 652. The number of rotatable bonds is 4. The molecule has 1 aliphatic rings. The second-order valence-corrected chi connectivity index (χ2v) is 5.59. The Morgan fingerprint density at radius 3 is 2.91 bits per heavy atom. The minimum Gasteiger partial charge on any atom is -0.338 e. The largest absolute Gasteiger partial charge is 0.435 e. The Hall–Kier alpha value is -1.94. The van der Waals surface area contributed by atoms with Crippen molar-refractivity contribution in [3.63, 3.8) is 0 Å². The summed E-state index contributed by atoms with van der Waals surface area (Å²) in [5.41, 5.74) is 5.05. The lowest BCUT2D eigenvalue weighted by Crippen LogP contribution is -2.34. The maximum atomic E-state index is 12.6. The fourth-order valence-electron chi connectivity index (χ4n) is 2.78. The normalized spacial score (nSPS) is 20.1. The van der Waals surface area contributed by atoms with Gasteiger partial charge >= 0.3 is 6.18 Å². The van der Waals surface area contributed by atoms with Crippen molar-refractivity contribution in [2.24, 2.45) is 5.73 Å². The second kappa shape index (κ2) is 6.28. The number of nitrogens with zero attached hydrogens (tertiary/aromatic N) is 4. The van der Waals surface area contributed by atoms with Crippen LogP contribution in [0.25, 0.3) is 0 Å². The van der Waals surface area contributed by atoms with Gasteiger partial charge in [0.2, 0.25) is 5.89 Å². The van der Waals surface area contributed by atoms with E-state index in [4.69, 9.17) is 10.3 Å². The number of nitrogens with one attached hydrogen (secondary N) is 1. The summed E-state index contributed by atoms with van der Waals surface area (Å²) < 4.78 is 42.9. The number of hydrogen-bond donors (Lipinski definition) is 2. The number of alkyl halides is 3. The summed E-state index contributed by atoms with van der Waals surface area (Å²) in [5, 5.41) is 9.72. The first kappa shape index (κ1) is 15.9. The predicted molar refractivity (Wildman–Crippen MR) is 73.0 cm³/mol. The topological polar surface area (TPSA) is 96.9 Å². The number of halogens is 3. The molecule has 1 fully saturated rings. The number of aromatic nitrogens is 4. The van der Waals surface area contributed by atoms with Gasteiger partial charge in [0, 0.05) is 18.2 Å². The summed E-state index contributed by atoms with van der Waals surface area (Å²) in [6, 6.07) is 1.09. The first-order chi connectivity index (χ1) is 11.0. The van der Waals surface area contributed by atoms with Crippen LogP contribution in [0.1, 0.15) is 41.9 Å². The molecule has 2 aromatic rings. The van der Waals surface area contributed by atoms with Crippen LogP contribution in [0.3, 0.4) is 0 Å². The summed E-state index contributed by atoms with van der Waals surface area (Å²) in [6.07, 6.45) is -2.73. The lowest BCUT2D eigenvalue weighted by molar-refractivity contribution is -0.141. The SMILES string of the molecule is NCc1nc(CN2CCCC(c3cc(C(F)(F)F)n[nH]3)C2)no1. The fourth-order valence-corrected chi connectivity index (χ4v) is 2.78. The molecular formula is C13H17F3N6O. The van der Waals surface area contributed by atoms with Gasteiger partial charge in [0.25, 0.3) is 0 Å². The van der Waals surface area contributed by atoms with Gasteiger partial charge in [-0.1, -0.05) is 5.16 Å². The van der Waals surface area contributed by atoms with Crippen LogP contribution in [-0.2, 0) is 19.3 Å². The lowest BCUT2D eigenvalue weighted by atomic mass is 9.94. The van der Waals surface area contributed by atoms with Crippen LogP contribution in [0.15, 0.2) is 10.6 Å². The molecule has 0 aromatic carbocycles. The molecule has 0 spiro atoms. The molecule has 1 unspecified atom stereocenters. The van der Waals surface area contributed by atoms with Crippen molar-refractivity contribution in [3.8, 4) is 0 Å². The van der Waals surface area contributed by atoms with E-state index in [9.17, 15) is 13.2 Å². The standard InChI is InChI=1S/C13H17F3N6O/c14-13(15,16)10-4-9(19-20-10)8-2-1-3-22(6-8)7-11-18-12(5-17)23-21-11/h4,8H,1-3,5-7,17H2,(H,19,20). The summed E-state index contributed by atoms with van der Waals surface area (Å²) in [5.74, 6) is 0.886. The number of nitrogens with two attached hydrogens (primary N) is 1. The zero-order valence-corrected chi connectivity index (χ0v) is 12.3. The van der Waals surface area contributed by atoms with Crippen molar-refractivity contribution >= 4 is 0 Å². The number of H-pyrrole nitrogens is 1. The first-order valence-electron chi connectivity index (χ1n) is 7.32. The van der Waals surface area contributed by atoms with E-state index >= 15 is 0 Å². The number of piperidine rings is 1. The molecule has 1 saturated heterocycles. The van der Waals surface area contributed by atoms with E-state index in [-0.39, 0.29) is 12.5 Å². The Balaban J connectivity index is 1.64. The molecule has 23 heavy (non-hydrogen) atoms. The van der Waals surface area contributed by atoms with Crippen molar-refractivity contribution in [1.29, 1.82) is 0 Å². The van der Waals surface area contributed by atoms with E-state index in [2.05, 4.69) is 25.2 Å². The monoisotopic (exact) mass is 330 g/mol. The van der Waals surface area contributed by atoms with Crippen LogP contribution in [-0.4, -0.2) is 38.3 Å². The van der Waals surface area contributed by atoms with Crippen LogP contribution in [0.4, 0.5) is 13.2 Å². The van der Waals surface area contributed by atoms with Crippen molar-refractivity contribution < 1.29 is 17.7 Å². The van der Waals surface area contributed by atoms with Gasteiger partial charge < -0.3 is 10.3 Å². The van der Waals surface area contributed by atoms with Crippen molar-refractivity contribution in [2.45, 2.75) is 38.0 Å². The average molecular weight is 330 g/mol. The van der Waals surface area contributed by atoms with E-state index in [0.29, 0.717) is 30.5 Å². The van der Waals surface area contributed by atoms with E-state index in [1.54, 1.807) is 0 Å². The maximum absolute atomic E-state index is 12.6. The Labute approximate surface area is 130 Å². The molecule has 3 heterocycles. The molecule has 10 heteroatoms. The molecule has 0 bridgehead atoms. The van der Waals surface area contributed by atoms with Gasteiger partial charge in [0.05, 0.1) is 13.1 Å². The van der Waals surface area contributed by atoms with E-state index in [1.165, 1.54) is 0 Å². The molecule has 1 aliphatic heterocycles. The van der Waals surface area contributed by atoms with Crippen LogP contribution in [0.5, 0.6) is 0 Å². The Morgan fingerprint density at radius 2 is 2.26 bits per heavy atom. The molecule has 126 valence electrons. The lowest BCUT2D eigenvalue weighted by Gasteiger charge is -2.31. The highest BCUT2D eigenvalue weighted by Gasteiger charge is 2.35. The smallest absolute Gasteiger partial charge is 0.338 e. The first-order valence-corrected chi connectivity index (χ1v) is 7.32. The molecule has 3 N–H and O–H groups in total. The molecule has 3 rings (SSSR count). The quantitative estimate of drug-likeness (QED) is 0.885. The summed E-state index contributed by atoms with van der Waals surface area (Å²) in [4.78, 5) is 6.23. The summed E-state index contributed by atoms with van der Waals surface area (Å²) in [6.45, 7) is 2.12. The molecule has 0 aliphatic carbocycles. The average Bonchev–Trinajstić information content (AvgIpc) is 3.16. The molecule has 0 amide bonds. The van der Waals surface area contributed by atoms with Crippen molar-refractivity contribution in [3.05, 3.63) is 29.2 Å². The van der Waals surface area contributed by atoms with Crippen LogP contribution in [0, 0.1) is 0 Å². The van der Waals surface area contributed by atoms with Gasteiger partial charge in [-0.25, -0.2) is 0 Å². The molecule has 0 saturated carbocycles. The van der Waals surface area contributed by atoms with Gasteiger partial charge in [-0.15, -0.1) is 0 Å². The van der Waals surface area contributed by atoms with E-state index in [1.807, 2.05) is 0 Å². The van der Waals surface area contributed by atoms with Gasteiger partial charge in [-0.2, -0.15) is 23.3 Å². The highest BCUT2D eigenvalue weighted by atomic mass is 19.4. The number of likely N-dealkylation sites (tertiary alicyclic amines) is 1. The molecule has 1 atom stereocenters. The summed E-state index contributed by atoms with van der Waals surface area (Å²) >= 11 is 0. The van der Waals surface area contributed by atoms with Crippen molar-refractivity contribution in [1.82, 2.24) is 25.2 Å². The van der Waals surface area contributed by atoms with E-state index < -0.39 is 11.9 Å². The third kappa shape index (κ3) is 3.70. The van der Waals surface area contributed by atoms with Gasteiger partial charge in [-0.05, 0) is 25.5 Å². The molecule has 2 aromatic heterocycles. The minimum atomic E-state index is -4.42. The predicted octanol–water partition coefficient (Wildman–Crippen LogP) is 1.65. The second-order valence-electron chi connectivity index (χ2n) is 5.59. The zero-order valence-electron chi connectivity index (χ0n) is 12.3. The van der Waals surface area contributed by atoms with Crippen LogP contribution >= 0.6 is 0 Å². The Morgan fingerprint density at radius 1 is 1.43 bits per heavy atom. The van der Waals surface area contributed by atoms with Crippen molar-refractivity contribution in [2.75, 3.05) is 13.1 Å². The van der Waals surface area contributed by atoms with E-state index in [0.717, 1.165) is 25.5 Å². The van der Waals surface area contributed by atoms with Gasteiger partial charge in [0.1, 0.15) is 0 Å². The maximum Gasteiger partial charge on any atom is 0.435 e. The third-order valence-electron chi connectivity index (χ3n) is 3.88. The summed E-state index contributed by atoms with van der Waals surface area (Å²) in [7, 11) is 0. The highest BCUT2D eigenvalue weighted by Crippen LogP contribution is 2.32. The van der Waals surface area contributed by atoms with Gasteiger partial charge in [0.15, 0.2) is 11.5 Å². The molecule has 0 radical (unpaired) electrons. The fraction of sp³-hybridized carbons (Fsp3) is 0.615. The Kier molecular flexibility index (Phi) is 4.35. The minimum absolute atomic E-state index is 0.0202. The van der Waals surface area contributed by atoms with Crippen LogP contribution < -0.4 is 5.73 Å². The highest BCUT2D eigenvalue weighted by molar-refractivity contribution is 5.16. The zero-order chi connectivity index (χ0) is 16.4. The number of hydrogen-bond acceptors (Lipinski definition) is 6. The van der Waals surface area contributed by atoms with Crippen LogP contribution in [0.2, 0.25) is 0 Å². The number of aromatic amines is 1. The molecule has 7 nitrogen and oxygen atoms in total. The molecular weight excluding hydrogens is 313 g/mol. The third-order valence-corrected chi connectivity index (χ3v) is 3.88.